The van der Waals surface area contributed by atoms with E-state index >= 15 is 0 Å². The Labute approximate surface area is 84.7 Å². The largest absolute Gasteiger partial charge is 0.413 e. The number of esters is 1. The molecule has 0 aliphatic rings. The van der Waals surface area contributed by atoms with Gasteiger partial charge in [-0.15, -0.1) is 11.6 Å². The lowest BCUT2D eigenvalue weighted by molar-refractivity contribution is -0.146. The molecule has 6 heteroatoms. The van der Waals surface area contributed by atoms with Crippen molar-refractivity contribution in [3.05, 3.63) is 0 Å². The van der Waals surface area contributed by atoms with Gasteiger partial charge in [-0.1, -0.05) is 0 Å². The van der Waals surface area contributed by atoms with E-state index < -0.39 is 14.8 Å². The molecule has 0 saturated carbocycles. The summed E-state index contributed by atoms with van der Waals surface area (Å²) >= 11 is 21.0. The minimum absolute atomic E-state index is 0.779. The molecule has 0 aliphatic heterocycles. The van der Waals surface area contributed by atoms with Crippen LogP contribution >= 0.6 is 46.4 Å². The summed E-state index contributed by atoms with van der Waals surface area (Å²) in [5, 5.41) is 0. The Morgan fingerprint density at radius 2 is 1.55 bits per heavy atom. The minimum Gasteiger partial charge on any atom is -0.413 e. The molecule has 0 radical (unpaired) electrons. The van der Waals surface area contributed by atoms with Gasteiger partial charge in [-0.05, 0) is 48.7 Å². The highest BCUT2D eigenvalue weighted by atomic mass is 35.6. The average Bonchev–Trinajstić information content (AvgIpc) is 1.56. The topological polar surface area (TPSA) is 26.3 Å². The van der Waals surface area contributed by atoms with E-state index in [1.54, 1.807) is 0 Å². The Balaban J connectivity index is 4.11. The quantitative estimate of drug-likeness (QED) is 0.520. The van der Waals surface area contributed by atoms with Gasteiger partial charge in [0.25, 0.3) is 0 Å². The lowest BCUT2D eigenvalue weighted by Gasteiger charge is -2.18. The third-order valence-corrected chi connectivity index (χ3v) is 1.08. The number of ether oxygens (including phenoxy) is 1. The van der Waals surface area contributed by atoms with Crippen molar-refractivity contribution >= 4 is 52.4 Å². The summed E-state index contributed by atoms with van der Waals surface area (Å²) in [4.78, 5) is 9.70. The molecule has 0 aromatic rings. The van der Waals surface area contributed by atoms with Crippen molar-refractivity contribution in [1.82, 2.24) is 0 Å². The summed E-state index contributed by atoms with van der Waals surface area (Å²) in [5.74, 6) is -0.779. The summed E-state index contributed by atoms with van der Waals surface area (Å²) in [5.41, 5.74) is 0. The molecule has 0 aliphatic carbocycles. The lowest BCUT2D eigenvalue weighted by Crippen LogP contribution is -2.31. The molecule has 0 spiro atoms. The fourth-order valence-electron chi connectivity index (χ4n) is 0.226. The van der Waals surface area contributed by atoms with Gasteiger partial charge in [-0.2, -0.15) is 0 Å². The van der Waals surface area contributed by atoms with Crippen molar-refractivity contribution in [2.24, 2.45) is 0 Å². The molecule has 0 aromatic heterocycles. The van der Waals surface area contributed by atoms with Crippen molar-refractivity contribution < 1.29 is 9.53 Å². The summed E-state index contributed by atoms with van der Waals surface area (Å²) in [6, 6.07) is 0. The van der Waals surface area contributed by atoms with Crippen LogP contribution < -0.4 is 0 Å². The van der Waals surface area contributed by atoms with Crippen molar-refractivity contribution in [3.63, 3.8) is 0 Å². The molecule has 0 bridgehead atoms. The first-order valence-electron chi connectivity index (χ1n) is 2.62. The standard InChI is InChI=1S/C5H6Cl4O2/c1-4(2,6)3(10)11-5(7,8)9/h1-2H3. The van der Waals surface area contributed by atoms with Crippen molar-refractivity contribution in [3.8, 4) is 0 Å². The molecule has 0 saturated heterocycles. The van der Waals surface area contributed by atoms with Crippen molar-refractivity contribution in [2.75, 3.05) is 0 Å². The maximum absolute atomic E-state index is 10.9. The predicted octanol–water partition coefficient (Wildman–Crippen LogP) is 2.87. The SMILES string of the molecule is CC(C)(Cl)C(=O)OC(Cl)(Cl)Cl. The van der Waals surface area contributed by atoms with Gasteiger partial charge >= 0.3 is 9.95 Å². The first kappa shape index (κ1) is 11.6. The number of carbonyl (C=O) groups excluding carboxylic acids is 1. The first-order valence-corrected chi connectivity index (χ1v) is 4.13. The molecule has 0 fully saturated rings. The second-order valence-electron chi connectivity index (χ2n) is 2.31. The van der Waals surface area contributed by atoms with Gasteiger partial charge in [0.15, 0.2) is 0 Å². The van der Waals surface area contributed by atoms with E-state index in [2.05, 4.69) is 4.74 Å². The maximum atomic E-state index is 10.9. The zero-order valence-electron chi connectivity index (χ0n) is 5.83. The molecule has 0 aromatic carbocycles. The highest BCUT2D eigenvalue weighted by Crippen LogP contribution is 2.30. The van der Waals surface area contributed by atoms with Gasteiger partial charge in [0, 0.05) is 0 Å². The van der Waals surface area contributed by atoms with Crippen molar-refractivity contribution in [1.29, 1.82) is 0 Å². The van der Waals surface area contributed by atoms with Crippen LogP contribution in [-0.4, -0.2) is 14.8 Å². The molecule has 0 amide bonds. The van der Waals surface area contributed by atoms with E-state index in [1.807, 2.05) is 0 Å². The van der Waals surface area contributed by atoms with Gasteiger partial charge in [0.1, 0.15) is 4.87 Å². The van der Waals surface area contributed by atoms with E-state index in [0.29, 0.717) is 0 Å². The summed E-state index contributed by atoms with van der Waals surface area (Å²) in [6.45, 7) is 2.88. The Kier molecular flexibility index (Phi) is 3.77. The fourth-order valence-corrected chi connectivity index (χ4v) is 0.475. The van der Waals surface area contributed by atoms with E-state index in [0.717, 1.165) is 0 Å². The second-order valence-corrected chi connectivity index (χ2v) is 5.43. The number of alkyl halides is 4. The third-order valence-electron chi connectivity index (χ3n) is 0.694. The van der Waals surface area contributed by atoms with Gasteiger partial charge in [-0.25, -0.2) is 0 Å². The number of rotatable bonds is 1. The first-order chi connectivity index (χ1) is 4.63. The van der Waals surface area contributed by atoms with Gasteiger partial charge in [0.2, 0.25) is 0 Å². The van der Waals surface area contributed by atoms with Crippen LogP contribution in [-0.2, 0) is 9.53 Å². The maximum Gasteiger partial charge on any atom is 0.340 e. The Morgan fingerprint density at radius 3 is 1.64 bits per heavy atom. The molecule has 0 rings (SSSR count). The molecule has 0 N–H and O–H groups in total. The Hall–Kier alpha value is 0.630. The van der Waals surface area contributed by atoms with Crippen LogP contribution in [0, 0.1) is 0 Å². The average molecular weight is 240 g/mol. The number of hydrogen-bond donors (Lipinski definition) is 0. The van der Waals surface area contributed by atoms with Crippen LogP contribution in [0.2, 0.25) is 0 Å². The van der Waals surface area contributed by atoms with Gasteiger partial charge < -0.3 is 4.74 Å². The van der Waals surface area contributed by atoms with Gasteiger partial charge in [-0.3, -0.25) is 4.79 Å². The van der Waals surface area contributed by atoms with E-state index in [-0.39, 0.29) is 0 Å². The van der Waals surface area contributed by atoms with Crippen LogP contribution in [0.4, 0.5) is 0 Å². The molecule has 11 heavy (non-hydrogen) atoms. The van der Waals surface area contributed by atoms with Crippen LogP contribution in [0.25, 0.3) is 0 Å². The summed E-state index contributed by atoms with van der Waals surface area (Å²) < 4.78 is 2.29. The highest BCUT2D eigenvalue weighted by molar-refractivity contribution is 6.66. The zero-order chi connectivity index (χ0) is 9.28. The Bertz CT molecular complexity index is 155. The van der Waals surface area contributed by atoms with E-state index in [1.165, 1.54) is 13.8 Å². The van der Waals surface area contributed by atoms with E-state index in [9.17, 15) is 4.79 Å². The van der Waals surface area contributed by atoms with E-state index in [4.69, 9.17) is 46.4 Å². The minimum atomic E-state index is -2.04. The van der Waals surface area contributed by atoms with Gasteiger partial charge in [0.05, 0.1) is 0 Å². The summed E-state index contributed by atoms with van der Waals surface area (Å²) in [6.07, 6.45) is 0. The number of halogens is 4. The van der Waals surface area contributed by atoms with Crippen molar-refractivity contribution in [2.45, 2.75) is 22.7 Å². The fraction of sp³-hybridized carbons (Fsp3) is 0.800. The number of hydrogen-bond acceptors (Lipinski definition) is 2. The van der Waals surface area contributed by atoms with Crippen LogP contribution in [0.1, 0.15) is 13.8 Å². The predicted molar refractivity (Wildman–Crippen MR) is 46.3 cm³/mol. The summed E-state index contributed by atoms with van der Waals surface area (Å²) in [7, 11) is 0. The lowest BCUT2D eigenvalue weighted by atomic mass is 10.2. The second kappa shape index (κ2) is 3.56. The normalized spacial score (nSPS) is 12.9. The molecular formula is C5H6Cl4O2. The highest BCUT2D eigenvalue weighted by Gasteiger charge is 2.33. The molecule has 0 heterocycles. The zero-order valence-corrected chi connectivity index (χ0v) is 8.85. The molecule has 2 nitrogen and oxygen atoms in total. The van der Waals surface area contributed by atoms with Crippen LogP contribution in [0.5, 0.6) is 0 Å². The molecule has 0 atom stereocenters. The van der Waals surface area contributed by atoms with Crippen LogP contribution in [0.3, 0.4) is 0 Å². The number of carbonyl (C=O) groups is 1. The molecule has 0 unspecified atom stereocenters. The molecular weight excluding hydrogens is 234 g/mol. The third kappa shape index (κ3) is 5.85. The monoisotopic (exact) mass is 238 g/mol. The Morgan fingerprint density at radius 1 is 1.18 bits per heavy atom. The molecule has 66 valence electrons. The smallest absolute Gasteiger partial charge is 0.340 e. The van der Waals surface area contributed by atoms with Crippen LogP contribution in [0.15, 0.2) is 0 Å².